The topological polar surface area (TPSA) is 74.7 Å². The lowest BCUT2D eigenvalue weighted by molar-refractivity contribution is 0.0698. The number of hydrogen-bond acceptors (Lipinski definition) is 5. The van der Waals surface area contributed by atoms with Gasteiger partial charge in [-0.15, -0.1) is 0 Å². The van der Waals surface area contributed by atoms with Gasteiger partial charge in [-0.05, 0) is 55.2 Å². The van der Waals surface area contributed by atoms with Crippen LogP contribution in [0.5, 0.6) is 5.75 Å². The van der Waals surface area contributed by atoms with E-state index in [1.807, 2.05) is 0 Å². The van der Waals surface area contributed by atoms with Crippen molar-refractivity contribution in [2.45, 2.75) is 19.8 Å². The minimum atomic E-state index is -0.947. The highest BCUT2D eigenvalue weighted by Crippen LogP contribution is 2.32. The highest BCUT2D eigenvalue weighted by Gasteiger charge is 2.13. The van der Waals surface area contributed by atoms with Crippen molar-refractivity contribution in [3.63, 3.8) is 0 Å². The molecule has 0 aliphatic carbocycles. The molecule has 1 aliphatic heterocycles. The van der Waals surface area contributed by atoms with E-state index in [2.05, 4.69) is 71.6 Å². The number of nitrogens with zero attached hydrogens (tertiary/aromatic N) is 2. The molecular weight excluding hydrogens is 378 g/mol. The molecule has 6 heteroatoms. The van der Waals surface area contributed by atoms with E-state index in [0.717, 1.165) is 25.2 Å². The molecular formula is C24H27N3O3. The maximum absolute atomic E-state index is 10.5. The van der Waals surface area contributed by atoms with Crippen molar-refractivity contribution >= 4 is 23.0 Å². The third-order valence-corrected chi connectivity index (χ3v) is 5.00. The Hall–Kier alpha value is -3.54. The normalized spacial score (nSPS) is 12.0. The number of carboxylic acid groups (broad SMARTS) is 1. The number of carboxylic acids is 1. The quantitative estimate of drug-likeness (QED) is 0.642. The molecule has 0 bridgehead atoms. The fourth-order valence-electron chi connectivity index (χ4n) is 3.30. The van der Waals surface area contributed by atoms with Crippen LogP contribution in [0.2, 0.25) is 0 Å². The lowest BCUT2D eigenvalue weighted by atomic mass is 10.1. The molecule has 0 amide bonds. The van der Waals surface area contributed by atoms with Crippen molar-refractivity contribution in [1.29, 1.82) is 0 Å². The van der Waals surface area contributed by atoms with Crippen LogP contribution in [0.15, 0.2) is 60.9 Å². The standard InChI is InChI=1S/C17H19NO.C7H8N2O2/c1-13-5-3-7-15(11-13)18(2)16-9-8-14-6-4-10-19-17(14)12-16;1-8-6-4-9-3-2-5(6)7(10)11/h3,5,7-9,11-12H,4,6,10H2,1-2H3;2-4,8H,1H3,(H,10,11). The molecule has 6 nitrogen and oxygen atoms in total. The van der Waals surface area contributed by atoms with Gasteiger partial charge in [-0.1, -0.05) is 18.2 Å². The molecule has 0 saturated carbocycles. The minimum absolute atomic E-state index is 0.238. The van der Waals surface area contributed by atoms with Crippen molar-refractivity contribution in [3.8, 4) is 5.75 Å². The van der Waals surface area contributed by atoms with Gasteiger partial charge in [0.1, 0.15) is 5.75 Å². The summed E-state index contributed by atoms with van der Waals surface area (Å²) in [5.74, 6) is 0.0972. The van der Waals surface area contributed by atoms with E-state index in [4.69, 9.17) is 9.84 Å². The average molecular weight is 405 g/mol. The number of benzene rings is 2. The van der Waals surface area contributed by atoms with Crippen LogP contribution in [0, 0.1) is 6.92 Å². The zero-order valence-corrected chi connectivity index (χ0v) is 17.6. The fourth-order valence-corrected chi connectivity index (χ4v) is 3.30. The molecule has 0 radical (unpaired) electrons. The van der Waals surface area contributed by atoms with Crippen LogP contribution in [-0.2, 0) is 6.42 Å². The predicted molar refractivity (Wildman–Crippen MR) is 120 cm³/mol. The number of rotatable bonds is 4. The van der Waals surface area contributed by atoms with Gasteiger partial charge in [0.2, 0.25) is 0 Å². The Bertz CT molecular complexity index is 1020. The molecule has 2 aromatic carbocycles. The van der Waals surface area contributed by atoms with Crippen LogP contribution in [0.3, 0.4) is 0 Å². The Balaban J connectivity index is 0.000000199. The first-order valence-corrected chi connectivity index (χ1v) is 9.90. The Morgan fingerprint density at radius 2 is 1.97 bits per heavy atom. The number of aromatic carboxylic acids is 1. The van der Waals surface area contributed by atoms with Gasteiger partial charge in [-0.3, -0.25) is 4.98 Å². The van der Waals surface area contributed by atoms with E-state index in [0.29, 0.717) is 5.69 Å². The summed E-state index contributed by atoms with van der Waals surface area (Å²) in [5.41, 5.74) is 5.75. The van der Waals surface area contributed by atoms with E-state index in [-0.39, 0.29) is 5.56 Å². The van der Waals surface area contributed by atoms with Crippen LogP contribution in [0.1, 0.15) is 27.9 Å². The number of fused-ring (bicyclic) bond motifs is 1. The van der Waals surface area contributed by atoms with Gasteiger partial charge in [-0.2, -0.15) is 0 Å². The number of aromatic nitrogens is 1. The van der Waals surface area contributed by atoms with Gasteiger partial charge in [0.25, 0.3) is 0 Å². The van der Waals surface area contributed by atoms with Crippen molar-refractivity contribution in [2.24, 2.45) is 0 Å². The molecule has 2 N–H and O–H groups in total. The van der Waals surface area contributed by atoms with Crippen LogP contribution < -0.4 is 15.0 Å². The Morgan fingerprint density at radius 3 is 2.67 bits per heavy atom. The lowest BCUT2D eigenvalue weighted by Gasteiger charge is -2.23. The highest BCUT2D eigenvalue weighted by atomic mass is 16.5. The van der Waals surface area contributed by atoms with Crippen molar-refractivity contribution in [2.75, 3.05) is 30.9 Å². The maximum atomic E-state index is 10.5. The molecule has 0 unspecified atom stereocenters. The number of ether oxygens (including phenoxy) is 1. The molecule has 30 heavy (non-hydrogen) atoms. The zero-order valence-electron chi connectivity index (χ0n) is 17.6. The fraction of sp³-hybridized carbons (Fsp3) is 0.250. The van der Waals surface area contributed by atoms with Crippen molar-refractivity contribution < 1.29 is 14.6 Å². The van der Waals surface area contributed by atoms with Gasteiger partial charge in [0.15, 0.2) is 0 Å². The first kappa shape index (κ1) is 21.2. The SMILES string of the molecule is CNc1cnccc1C(=O)O.Cc1cccc(N(C)c2ccc3c(c2)OCCC3)c1. The van der Waals surface area contributed by atoms with E-state index in [1.165, 1.54) is 41.0 Å². The second-order valence-electron chi connectivity index (χ2n) is 7.12. The molecule has 156 valence electrons. The summed E-state index contributed by atoms with van der Waals surface area (Å²) in [5, 5.41) is 11.4. The molecule has 1 aromatic heterocycles. The molecule has 0 fully saturated rings. The molecule has 2 heterocycles. The largest absolute Gasteiger partial charge is 0.493 e. The van der Waals surface area contributed by atoms with Crippen LogP contribution >= 0.6 is 0 Å². The van der Waals surface area contributed by atoms with E-state index in [1.54, 1.807) is 7.05 Å². The Labute approximate surface area is 177 Å². The molecule has 4 rings (SSSR count). The van der Waals surface area contributed by atoms with Gasteiger partial charge < -0.3 is 20.1 Å². The minimum Gasteiger partial charge on any atom is -0.493 e. The lowest BCUT2D eigenvalue weighted by Crippen LogP contribution is -2.12. The summed E-state index contributed by atoms with van der Waals surface area (Å²) in [4.78, 5) is 16.5. The Morgan fingerprint density at radius 1 is 1.17 bits per heavy atom. The van der Waals surface area contributed by atoms with Crippen molar-refractivity contribution in [3.05, 3.63) is 77.6 Å². The first-order valence-electron chi connectivity index (χ1n) is 9.90. The van der Waals surface area contributed by atoms with Gasteiger partial charge >= 0.3 is 5.97 Å². The number of anilines is 3. The molecule has 1 aliphatic rings. The number of nitrogens with one attached hydrogen (secondary N) is 1. The van der Waals surface area contributed by atoms with Crippen LogP contribution in [0.25, 0.3) is 0 Å². The first-order chi connectivity index (χ1) is 14.5. The number of carbonyl (C=O) groups is 1. The van der Waals surface area contributed by atoms with Crippen LogP contribution in [-0.4, -0.2) is 36.8 Å². The zero-order chi connectivity index (χ0) is 21.5. The summed E-state index contributed by atoms with van der Waals surface area (Å²) in [6.45, 7) is 2.96. The maximum Gasteiger partial charge on any atom is 0.337 e. The number of aryl methyl sites for hydroxylation is 2. The van der Waals surface area contributed by atoms with Crippen molar-refractivity contribution in [1.82, 2.24) is 4.98 Å². The Kier molecular flexibility index (Phi) is 6.91. The van der Waals surface area contributed by atoms with Gasteiger partial charge in [-0.25, -0.2) is 4.79 Å². The van der Waals surface area contributed by atoms with E-state index >= 15 is 0 Å². The second kappa shape index (κ2) is 9.78. The molecule has 0 saturated heterocycles. The smallest absolute Gasteiger partial charge is 0.337 e. The third-order valence-electron chi connectivity index (χ3n) is 5.00. The summed E-state index contributed by atoms with van der Waals surface area (Å²) >= 11 is 0. The molecule has 0 spiro atoms. The molecule has 0 atom stereocenters. The summed E-state index contributed by atoms with van der Waals surface area (Å²) in [6.07, 6.45) is 5.18. The third kappa shape index (κ3) is 5.08. The van der Waals surface area contributed by atoms with Crippen LogP contribution in [0.4, 0.5) is 17.1 Å². The van der Waals surface area contributed by atoms with E-state index < -0.39 is 5.97 Å². The monoisotopic (exact) mass is 405 g/mol. The molecule has 3 aromatic rings. The van der Waals surface area contributed by atoms with Gasteiger partial charge in [0, 0.05) is 37.7 Å². The summed E-state index contributed by atoms with van der Waals surface area (Å²) < 4.78 is 5.75. The highest BCUT2D eigenvalue weighted by molar-refractivity contribution is 5.93. The second-order valence-corrected chi connectivity index (χ2v) is 7.12. The summed E-state index contributed by atoms with van der Waals surface area (Å²) in [7, 11) is 3.75. The van der Waals surface area contributed by atoms with Gasteiger partial charge in [0.05, 0.1) is 24.1 Å². The average Bonchev–Trinajstić information content (AvgIpc) is 2.78. The van der Waals surface area contributed by atoms with E-state index in [9.17, 15) is 4.79 Å². The number of hydrogen-bond donors (Lipinski definition) is 2. The summed E-state index contributed by atoms with van der Waals surface area (Å²) in [6, 6.07) is 16.5. The predicted octanol–water partition coefficient (Wildman–Crippen LogP) is 4.91. The number of pyridine rings is 1.